The lowest BCUT2D eigenvalue weighted by Crippen LogP contribution is -2.24. The summed E-state index contributed by atoms with van der Waals surface area (Å²) in [6.07, 6.45) is -0.744. The topological polar surface area (TPSA) is 41.6 Å². The lowest BCUT2D eigenvalue weighted by molar-refractivity contribution is -0.274. The molecule has 0 fully saturated rings. The van der Waals surface area contributed by atoms with E-state index < -0.39 is 18.0 Å². The fraction of sp³-hybridized carbons (Fsp3) is 0.409. The molecule has 29 heavy (non-hydrogen) atoms. The van der Waals surface area contributed by atoms with Gasteiger partial charge in [0.25, 0.3) is 5.91 Å². The number of amides is 1. The molecular formula is C22H25F3N2O2. The van der Waals surface area contributed by atoms with Crippen LogP contribution in [0.1, 0.15) is 47.2 Å². The fourth-order valence-corrected chi connectivity index (χ4v) is 3.51. The monoisotopic (exact) mass is 406 g/mol. The highest BCUT2D eigenvalue weighted by molar-refractivity contribution is 5.94. The number of carbonyl (C=O) groups excluding carboxylic acids is 1. The molecule has 3 rings (SSSR count). The Bertz CT molecular complexity index is 799. The van der Waals surface area contributed by atoms with Crippen molar-refractivity contribution in [3.05, 3.63) is 65.2 Å². The largest absolute Gasteiger partial charge is 0.573 e. The molecule has 1 heterocycles. The Balaban J connectivity index is 1.28. The highest BCUT2D eigenvalue weighted by Gasteiger charge is 2.31. The predicted octanol–water partition coefficient (Wildman–Crippen LogP) is 4.89. The van der Waals surface area contributed by atoms with Crippen LogP contribution < -0.4 is 10.1 Å². The second kappa shape index (κ2) is 9.78. The van der Waals surface area contributed by atoms with E-state index in [2.05, 4.69) is 39.2 Å². The zero-order valence-electron chi connectivity index (χ0n) is 16.2. The first-order valence-corrected chi connectivity index (χ1v) is 9.84. The molecule has 1 N–H and O–H groups in total. The van der Waals surface area contributed by atoms with Crippen LogP contribution in [0.5, 0.6) is 5.75 Å². The second-order valence-electron chi connectivity index (χ2n) is 7.23. The van der Waals surface area contributed by atoms with Crippen molar-refractivity contribution in [2.45, 2.75) is 45.1 Å². The van der Waals surface area contributed by atoms with Crippen LogP contribution in [-0.4, -0.2) is 30.3 Å². The van der Waals surface area contributed by atoms with Crippen molar-refractivity contribution in [2.24, 2.45) is 0 Å². The molecule has 0 spiro atoms. The van der Waals surface area contributed by atoms with Crippen molar-refractivity contribution < 1.29 is 22.7 Å². The minimum Gasteiger partial charge on any atom is -0.406 e. The number of hydrogen-bond acceptors (Lipinski definition) is 3. The number of ether oxygens (including phenoxy) is 1. The minimum atomic E-state index is -4.77. The number of fused-ring (bicyclic) bond motifs is 1. The van der Waals surface area contributed by atoms with E-state index in [0.29, 0.717) is 6.54 Å². The Kier molecular flexibility index (Phi) is 7.14. The van der Waals surface area contributed by atoms with Gasteiger partial charge in [0, 0.05) is 25.2 Å². The summed E-state index contributed by atoms with van der Waals surface area (Å²) in [5, 5.41) is 2.75. The number of hydrogen-bond donors (Lipinski definition) is 1. The molecule has 0 aromatic heterocycles. The SMILES string of the molecule is O=C(NCCCCCCN1Cc2ccccc2C1)c1cccc(OC(F)(F)F)c1. The van der Waals surface area contributed by atoms with Gasteiger partial charge in [-0.25, -0.2) is 0 Å². The maximum absolute atomic E-state index is 12.3. The summed E-state index contributed by atoms with van der Waals surface area (Å²) in [7, 11) is 0. The van der Waals surface area contributed by atoms with Crippen LogP contribution in [0, 0.1) is 0 Å². The van der Waals surface area contributed by atoms with Gasteiger partial charge < -0.3 is 10.1 Å². The first kappa shape index (κ1) is 21.2. The Hall–Kier alpha value is -2.54. The Labute approximate surface area is 168 Å². The number of alkyl halides is 3. The van der Waals surface area contributed by atoms with E-state index in [1.165, 1.54) is 29.3 Å². The predicted molar refractivity (Wildman–Crippen MR) is 104 cm³/mol. The molecule has 0 atom stereocenters. The van der Waals surface area contributed by atoms with E-state index in [-0.39, 0.29) is 5.56 Å². The standard InChI is InChI=1S/C22H25F3N2O2/c23-22(24,25)29-20-11-7-10-17(14-20)21(28)26-12-5-1-2-6-13-27-15-18-8-3-4-9-19(18)16-27/h3-4,7-11,14H,1-2,5-6,12-13,15-16H2,(H,26,28). The number of nitrogens with zero attached hydrogens (tertiary/aromatic N) is 1. The fourth-order valence-electron chi connectivity index (χ4n) is 3.51. The van der Waals surface area contributed by atoms with Crippen LogP contribution in [0.2, 0.25) is 0 Å². The maximum atomic E-state index is 12.3. The number of halogens is 3. The van der Waals surface area contributed by atoms with Crippen LogP contribution in [0.3, 0.4) is 0 Å². The summed E-state index contributed by atoms with van der Waals surface area (Å²) >= 11 is 0. The van der Waals surface area contributed by atoms with Gasteiger partial charge in [-0.05, 0) is 48.7 Å². The number of carbonyl (C=O) groups is 1. The Morgan fingerprint density at radius 1 is 0.966 bits per heavy atom. The van der Waals surface area contributed by atoms with Crippen LogP contribution in [-0.2, 0) is 13.1 Å². The van der Waals surface area contributed by atoms with Crippen molar-refractivity contribution >= 4 is 5.91 Å². The van der Waals surface area contributed by atoms with Crippen LogP contribution in [0.15, 0.2) is 48.5 Å². The van der Waals surface area contributed by atoms with Gasteiger partial charge in [-0.3, -0.25) is 9.69 Å². The summed E-state index contributed by atoms with van der Waals surface area (Å²) < 4.78 is 40.6. The first-order valence-electron chi connectivity index (χ1n) is 9.84. The molecule has 0 bridgehead atoms. The van der Waals surface area contributed by atoms with E-state index >= 15 is 0 Å². The summed E-state index contributed by atoms with van der Waals surface area (Å²) in [6, 6.07) is 13.6. The van der Waals surface area contributed by atoms with Gasteiger partial charge in [0.15, 0.2) is 0 Å². The number of rotatable bonds is 9. The molecular weight excluding hydrogens is 381 g/mol. The smallest absolute Gasteiger partial charge is 0.406 e. The zero-order valence-corrected chi connectivity index (χ0v) is 16.2. The van der Waals surface area contributed by atoms with Gasteiger partial charge in [-0.15, -0.1) is 13.2 Å². The van der Waals surface area contributed by atoms with Crippen molar-refractivity contribution in [1.29, 1.82) is 0 Å². The first-order chi connectivity index (χ1) is 13.9. The zero-order chi connectivity index (χ0) is 20.7. The lowest BCUT2D eigenvalue weighted by Gasteiger charge is -2.14. The third-order valence-electron chi connectivity index (χ3n) is 4.92. The van der Waals surface area contributed by atoms with E-state index in [0.717, 1.165) is 51.4 Å². The van der Waals surface area contributed by atoms with Gasteiger partial charge in [0.05, 0.1) is 0 Å². The van der Waals surface area contributed by atoms with E-state index in [4.69, 9.17) is 0 Å². The molecule has 4 nitrogen and oxygen atoms in total. The van der Waals surface area contributed by atoms with Crippen LogP contribution in [0.25, 0.3) is 0 Å². The molecule has 1 aliphatic rings. The second-order valence-corrected chi connectivity index (χ2v) is 7.23. The number of nitrogens with one attached hydrogen (secondary N) is 1. The van der Waals surface area contributed by atoms with E-state index in [9.17, 15) is 18.0 Å². The molecule has 2 aromatic carbocycles. The quantitative estimate of drug-likeness (QED) is 0.603. The number of benzene rings is 2. The lowest BCUT2D eigenvalue weighted by atomic mass is 10.1. The third-order valence-corrected chi connectivity index (χ3v) is 4.92. The molecule has 0 unspecified atom stereocenters. The van der Waals surface area contributed by atoms with Gasteiger partial charge in [-0.1, -0.05) is 43.2 Å². The summed E-state index contributed by atoms with van der Waals surface area (Å²) in [6.45, 7) is 3.60. The molecule has 0 radical (unpaired) electrons. The Morgan fingerprint density at radius 2 is 1.66 bits per heavy atom. The van der Waals surface area contributed by atoms with Gasteiger partial charge in [0.1, 0.15) is 5.75 Å². The van der Waals surface area contributed by atoms with Gasteiger partial charge >= 0.3 is 6.36 Å². The van der Waals surface area contributed by atoms with Crippen molar-refractivity contribution in [3.63, 3.8) is 0 Å². The summed E-state index contributed by atoms with van der Waals surface area (Å²) in [5.74, 6) is -0.790. The van der Waals surface area contributed by atoms with Gasteiger partial charge in [-0.2, -0.15) is 0 Å². The molecule has 1 aliphatic heterocycles. The average Bonchev–Trinajstić information content (AvgIpc) is 3.08. The van der Waals surface area contributed by atoms with Crippen LogP contribution >= 0.6 is 0 Å². The molecule has 0 saturated heterocycles. The summed E-state index contributed by atoms with van der Waals surface area (Å²) in [5.41, 5.74) is 2.99. The minimum absolute atomic E-state index is 0.153. The third kappa shape index (κ3) is 6.78. The van der Waals surface area contributed by atoms with Crippen LogP contribution in [0.4, 0.5) is 13.2 Å². The molecule has 156 valence electrons. The summed E-state index contributed by atoms with van der Waals surface area (Å²) in [4.78, 5) is 14.5. The highest BCUT2D eigenvalue weighted by atomic mass is 19.4. The average molecular weight is 406 g/mol. The Morgan fingerprint density at radius 3 is 2.34 bits per heavy atom. The van der Waals surface area contributed by atoms with Gasteiger partial charge in [0.2, 0.25) is 0 Å². The van der Waals surface area contributed by atoms with E-state index in [1.807, 2.05) is 0 Å². The molecule has 2 aromatic rings. The van der Waals surface area contributed by atoms with E-state index in [1.54, 1.807) is 0 Å². The normalized spacial score (nSPS) is 13.9. The molecule has 7 heteroatoms. The maximum Gasteiger partial charge on any atom is 0.573 e. The van der Waals surface area contributed by atoms with Crippen molar-refractivity contribution in [3.8, 4) is 5.75 Å². The highest BCUT2D eigenvalue weighted by Crippen LogP contribution is 2.24. The molecule has 0 aliphatic carbocycles. The van der Waals surface area contributed by atoms with Crippen molar-refractivity contribution in [1.82, 2.24) is 10.2 Å². The van der Waals surface area contributed by atoms with Crippen molar-refractivity contribution in [2.75, 3.05) is 13.1 Å². The molecule has 1 amide bonds. The number of unbranched alkanes of at least 4 members (excludes halogenated alkanes) is 3. The molecule has 0 saturated carbocycles.